The van der Waals surface area contributed by atoms with E-state index in [9.17, 15) is 9.82 Å². The number of benzene rings is 1. The Morgan fingerprint density at radius 2 is 2.00 bits per heavy atom. The molecule has 4 atom stereocenters. The maximum Gasteiger partial charge on any atom is 0.373 e. The Morgan fingerprint density at radius 3 is 2.76 bits per heavy atom. The standard InChI is InChI=1S/C28H37BN6O3/c1-5-34-27(36)12-24(22-7-6-10-30-28(22)34)33-13-18(2)35-14-19-11-20(8-9-21(19)25(35)16-33)32-15-23(31-29(3)37)26(17-32)38-4/h6-12,18,23,25-26,31,37H,5,13-17H2,1-4H3/t18-,23-,25-,26-/m1/s1. The van der Waals surface area contributed by atoms with Crippen LogP contribution in [0.2, 0.25) is 6.82 Å². The number of aryl methyl sites for hydroxylation is 1. The van der Waals surface area contributed by atoms with Crippen LogP contribution in [-0.4, -0.2) is 78.0 Å². The molecule has 0 amide bonds. The van der Waals surface area contributed by atoms with Crippen molar-refractivity contribution in [2.45, 2.75) is 58.0 Å². The predicted molar refractivity (Wildman–Crippen MR) is 152 cm³/mol. The normalized spacial score (nSPS) is 25.2. The van der Waals surface area contributed by atoms with Gasteiger partial charge in [0.05, 0.1) is 17.8 Å². The molecule has 2 fully saturated rings. The molecule has 3 aliphatic rings. The summed E-state index contributed by atoms with van der Waals surface area (Å²) in [5.74, 6) is 0. The SMILES string of the molecule is CCn1c(=O)cc(N2C[C@@H](C)N3Cc4cc(N5C[C@@H](NB(C)O)[C@H](OC)C5)ccc4[C@H]3C2)c2cccnc21. The topological polar surface area (TPSA) is 86.1 Å². The summed E-state index contributed by atoms with van der Waals surface area (Å²) in [5.41, 5.74) is 5.69. The van der Waals surface area contributed by atoms with E-state index in [1.807, 2.05) is 13.0 Å². The van der Waals surface area contributed by atoms with Crippen LogP contribution >= 0.6 is 0 Å². The smallest absolute Gasteiger partial charge is 0.373 e. The number of nitrogens with zero attached hydrogens (tertiary/aromatic N) is 5. The van der Waals surface area contributed by atoms with E-state index >= 15 is 0 Å². The molecule has 200 valence electrons. The monoisotopic (exact) mass is 516 g/mol. The molecular weight excluding hydrogens is 479 g/mol. The lowest BCUT2D eigenvalue weighted by Gasteiger charge is -2.43. The molecule has 2 N–H and O–H groups in total. The van der Waals surface area contributed by atoms with Crippen LogP contribution in [0.1, 0.15) is 31.0 Å². The predicted octanol–water partition coefficient (Wildman–Crippen LogP) is 2.09. The number of hydrogen-bond acceptors (Lipinski definition) is 8. The van der Waals surface area contributed by atoms with Crippen LogP contribution in [0, 0.1) is 0 Å². The second-order valence-corrected chi connectivity index (χ2v) is 10.9. The summed E-state index contributed by atoms with van der Waals surface area (Å²) in [6.07, 6.45) is 1.80. The fraction of sp³-hybridized carbons (Fsp3) is 0.500. The van der Waals surface area contributed by atoms with Crippen LogP contribution in [0.4, 0.5) is 11.4 Å². The van der Waals surface area contributed by atoms with Crippen molar-refractivity contribution >= 4 is 29.5 Å². The van der Waals surface area contributed by atoms with E-state index in [-0.39, 0.29) is 23.7 Å². The van der Waals surface area contributed by atoms with Gasteiger partial charge in [-0.2, -0.15) is 0 Å². The molecule has 1 aromatic carbocycles. The molecule has 0 radical (unpaired) electrons. The molecule has 3 aromatic rings. The van der Waals surface area contributed by atoms with Crippen LogP contribution < -0.4 is 20.6 Å². The van der Waals surface area contributed by atoms with Crippen LogP contribution in [0.15, 0.2) is 47.4 Å². The Kier molecular flexibility index (Phi) is 6.68. The Morgan fingerprint density at radius 1 is 1.16 bits per heavy atom. The molecule has 2 saturated heterocycles. The minimum Gasteiger partial charge on any atom is -0.437 e. The van der Waals surface area contributed by atoms with E-state index in [1.165, 1.54) is 16.8 Å². The summed E-state index contributed by atoms with van der Waals surface area (Å²) in [6.45, 7) is 10.9. The second kappa shape index (κ2) is 10.00. The van der Waals surface area contributed by atoms with Crippen molar-refractivity contribution in [1.82, 2.24) is 19.7 Å². The zero-order valence-corrected chi connectivity index (χ0v) is 22.7. The Labute approximate surface area is 224 Å². The van der Waals surface area contributed by atoms with Crippen molar-refractivity contribution in [2.24, 2.45) is 0 Å². The number of rotatable bonds is 6. The van der Waals surface area contributed by atoms with Crippen molar-refractivity contribution in [3.05, 3.63) is 64.1 Å². The first-order chi connectivity index (χ1) is 18.4. The molecule has 0 saturated carbocycles. The maximum atomic E-state index is 13.0. The first-order valence-corrected chi connectivity index (χ1v) is 13.7. The summed E-state index contributed by atoms with van der Waals surface area (Å²) >= 11 is 0. The highest BCUT2D eigenvalue weighted by Gasteiger charge is 2.40. The number of anilines is 2. The summed E-state index contributed by atoms with van der Waals surface area (Å²) < 4.78 is 7.46. The lowest BCUT2D eigenvalue weighted by molar-refractivity contribution is 0.102. The number of nitrogens with one attached hydrogen (secondary N) is 1. The van der Waals surface area contributed by atoms with Gasteiger partial charge in [-0.15, -0.1) is 0 Å². The van der Waals surface area contributed by atoms with E-state index < -0.39 is 7.05 Å². The van der Waals surface area contributed by atoms with E-state index in [1.54, 1.807) is 30.8 Å². The fourth-order valence-corrected chi connectivity index (χ4v) is 6.76. The number of piperazine rings is 1. The highest BCUT2D eigenvalue weighted by Crippen LogP contribution is 2.42. The van der Waals surface area contributed by atoms with Crippen LogP contribution in [-0.2, 0) is 17.8 Å². The lowest BCUT2D eigenvalue weighted by atomic mass is 9.87. The van der Waals surface area contributed by atoms with Crippen molar-refractivity contribution in [3.63, 3.8) is 0 Å². The van der Waals surface area contributed by atoms with Gasteiger partial charge in [-0.3, -0.25) is 14.3 Å². The third-order valence-electron chi connectivity index (χ3n) is 8.57. The number of methoxy groups -OCH3 is 1. The number of hydrogen-bond donors (Lipinski definition) is 2. The summed E-state index contributed by atoms with van der Waals surface area (Å²) in [6, 6.07) is 13.4. The zero-order valence-electron chi connectivity index (χ0n) is 22.7. The van der Waals surface area contributed by atoms with Gasteiger partial charge in [0.15, 0.2) is 0 Å². The quantitative estimate of drug-likeness (QED) is 0.482. The molecule has 2 aromatic heterocycles. The van der Waals surface area contributed by atoms with Gasteiger partial charge in [-0.25, -0.2) is 4.98 Å². The van der Waals surface area contributed by atoms with Crippen LogP contribution in [0.25, 0.3) is 11.0 Å². The maximum absolute atomic E-state index is 13.0. The number of ether oxygens (including phenoxy) is 1. The molecule has 0 spiro atoms. The lowest BCUT2D eigenvalue weighted by Crippen LogP contribution is -2.51. The van der Waals surface area contributed by atoms with Crippen molar-refractivity contribution in [2.75, 3.05) is 43.1 Å². The first kappa shape index (κ1) is 25.4. The Bertz CT molecular complexity index is 1400. The van der Waals surface area contributed by atoms with Gasteiger partial charge < -0.3 is 24.8 Å². The molecule has 9 nitrogen and oxygen atoms in total. The Balaban J connectivity index is 1.28. The third-order valence-corrected chi connectivity index (χ3v) is 8.57. The first-order valence-electron chi connectivity index (χ1n) is 13.7. The van der Waals surface area contributed by atoms with E-state index in [0.717, 1.165) is 49.4 Å². The second-order valence-electron chi connectivity index (χ2n) is 10.9. The number of pyridine rings is 2. The summed E-state index contributed by atoms with van der Waals surface area (Å²) in [7, 11) is 1.17. The van der Waals surface area contributed by atoms with Crippen molar-refractivity contribution in [1.29, 1.82) is 0 Å². The average molecular weight is 516 g/mol. The molecule has 6 rings (SSSR count). The minimum absolute atomic E-state index is 0.00334. The Hall–Kier alpha value is -2.92. The molecule has 0 bridgehead atoms. The number of aromatic nitrogens is 2. The minimum atomic E-state index is -0.569. The van der Waals surface area contributed by atoms with Gasteiger partial charge >= 0.3 is 7.05 Å². The van der Waals surface area contributed by atoms with Crippen molar-refractivity contribution in [3.8, 4) is 0 Å². The molecule has 10 heteroatoms. The number of fused-ring (bicyclic) bond motifs is 4. The molecular formula is C28H37BN6O3. The highest BCUT2D eigenvalue weighted by atomic mass is 16.5. The fourth-order valence-electron chi connectivity index (χ4n) is 6.76. The molecule has 0 aliphatic carbocycles. The van der Waals surface area contributed by atoms with Gasteiger partial charge in [0.2, 0.25) is 0 Å². The highest BCUT2D eigenvalue weighted by molar-refractivity contribution is 6.45. The largest absolute Gasteiger partial charge is 0.437 e. The van der Waals surface area contributed by atoms with Crippen LogP contribution in [0.5, 0.6) is 0 Å². The van der Waals surface area contributed by atoms with Crippen molar-refractivity contribution < 1.29 is 9.76 Å². The molecule has 3 aliphatic heterocycles. The van der Waals surface area contributed by atoms with Gasteiger partial charge in [0, 0.05) is 81.8 Å². The third kappa shape index (κ3) is 4.29. The van der Waals surface area contributed by atoms with E-state index in [4.69, 9.17) is 4.74 Å². The molecule has 5 heterocycles. The van der Waals surface area contributed by atoms with Gasteiger partial charge in [-0.05, 0) is 56.1 Å². The van der Waals surface area contributed by atoms with E-state index in [2.05, 4.69) is 56.1 Å². The van der Waals surface area contributed by atoms with Gasteiger partial charge in [0.1, 0.15) is 5.65 Å². The summed E-state index contributed by atoms with van der Waals surface area (Å²) in [5, 5.41) is 14.1. The summed E-state index contributed by atoms with van der Waals surface area (Å²) in [4.78, 5) is 24.9. The zero-order chi connectivity index (χ0) is 26.6. The average Bonchev–Trinajstić information content (AvgIpc) is 3.49. The van der Waals surface area contributed by atoms with Crippen LogP contribution in [0.3, 0.4) is 0 Å². The molecule has 38 heavy (non-hydrogen) atoms. The molecule has 0 unspecified atom stereocenters. The van der Waals surface area contributed by atoms with Gasteiger partial charge in [-0.1, -0.05) is 6.07 Å². The van der Waals surface area contributed by atoms with E-state index in [0.29, 0.717) is 12.6 Å². The van der Waals surface area contributed by atoms with Gasteiger partial charge in [0.25, 0.3) is 5.56 Å².